The van der Waals surface area contributed by atoms with Gasteiger partial charge in [-0.15, -0.1) is 0 Å². The number of nitrogens with zero attached hydrogens (tertiary/aromatic N) is 5. The van der Waals surface area contributed by atoms with Crippen molar-refractivity contribution in [1.82, 2.24) is 19.4 Å². The average Bonchev–Trinajstić information content (AvgIpc) is 3.14. The van der Waals surface area contributed by atoms with E-state index in [1.54, 1.807) is 6.07 Å². The van der Waals surface area contributed by atoms with Crippen LogP contribution in [0.4, 0.5) is 5.82 Å². The number of fused-ring (bicyclic) bond motifs is 1. The van der Waals surface area contributed by atoms with E-state index in [1.165, 1.54) is 11.9 Å². The lowest BCUT2D eigenvalue weighted by Crippen LogP contribution is -2.06. The Kier molecular flexibility index (Phi) is 5.31. The summed E-state index contributed by atoms with van der Waals surface area (Å²) in [5, 5.41) is 12.4. The van der Waals surface area contributed by atoms with E-state index < -0.39 is 0 Å². The average molecular weight is 398 g/mol. The molecule has 1 N–H and O–H groups in total. The van der Waals surface area contributed by atoms with Gasteiger partial charge in [0, 0.05) is 25.0 Å². The maximum atomic E-state index is 9.10. The largest absolute Gasteiger partial charge is 0.471 e. The molecule has 0 bridgehead atoms. The second kappa shape index (κ2) is 8.21. The molecule has 0 aliphatic carbocycles. The van der Waals surface area contributed by atoms with Gasteiger partial charge in [0.25, 0.3) is 0 Å². The maximum Gasteiger partial charge on any atom is 0.218 e. The van der Waals surface area contributed by atoms with E-state index in [4.69, 9.17) is 10.00 Å². The lowest BCUT2D eigenvalue weighted by atomic mass is 10.00. The summed E-state index contributed by atoms with van der Waals surface area (Å²) >= 11 is 0. The Morgan fingerprint density at radius 1 is 1.07 bits per heavy atom. The predicted molar refractivity (Wildman–Crippen MR) is 114 cm³/mol. The zero-order valence-corrected chi connectivity index (χ0v) is 17.2. The molecular weight excluding hydrogens is 376 g/mol. The van der Waals surface area contributed by atoms with Crippen molar-refractivity contribution >= 4 is 11.5 Å². The van der Waals surface area contributed by atoms with E-state index >= 15 is 0 Å². The van der Waals surface area contributed by atoms with Gasteiger partial charge in [-0.25, -0.2) is 15.0 Å². The van der Waals surface area contributed by atoms with Crippen molar-refractivity contribution in [3.05, 3.63) is 82.6 Å². The quantitative estimate of drug-likeness (QED) is 0.526. The molecule has 0 aliphatic rings. The Balaban J connectivity index is 1.42. The van der Waals surface area contributed by atoms with Crippen LogP contribution in [0.2, 0.25) is 0 Å². The van der Waals surface area contributed by atoms with Crippen LogP contribution < -0.4 is 10.1 Å². The van der Waals surface area contributed by atoms with Crippen molar-refractivity contribution < 1.29 is 4.74 Å². The van der Waals surface area contributed by atoms with Crippen molar-refractivity contribution in [1.29, 1.82) is 5.26 Å². The first-order chi connectivity index (χ1) is 14.5. The monoisotopic (exact) mass is 398 g/mol. The van der Waals surface area contributed by atoms with Crippen molar-refractivity contribution in [3.8, 4) is 11.9 Å². The fourth-order valence-corrected chi connectivity index (χ4v) is 3.40. The number of nitriles is 1. The summed E-state index contributed by atoms with van der Waals surface area (Å²) in [6.07, 6.45) is 5.47. The molecule has 4 rings (SSSR count). The van der Waals surface area contributed by atoms with Gasteiger partial charge < -0.3 is 14.5 Å². The first-order valence-corrected chi connectivity index (χ1v) is 9.65. The number of aryl methyl sites for hydroxylation is 3. The Morgan fingerprint density at radius 2 is 1.87 bits per heavy atom. The van der Waals surface area contributed by atoms with Crippen molar-refractivity contribution in [2.75, 3.05) is 5.32 Å². The summed E-state index contributed by atoms with van der Waals surface area (Å²) < 4.78 is 7.81. The number of nitrogens with one attached hydrogen (secondary N) is 1. The molecule has 1 aromatic carbocycles. The second-order valence-electron chi connectivity index (χ2n) is 7.29. The Bertz CT molecular complexity index is 1230. The van der Waals surface area contributed by atoms with Crippen molar-refractivity contribution in [2.45, 2.75) is 33.9 Å². The van der Waals surface area contributed by atoms with Gasteiger partial charge in [0.15, 0.2) is 0 Å². The van der Waals surface area contributed by atoms with Gasteiger partial charge in [0.2, 0.25) is 5.88 Å². The highest BCUT2D eigenvalue weighted by molar-refractivity contribution is 5.46. The predicted octanol–water partition coefficient (Wildman–Crippen LogP) is 4.11. The van der Waals surface area contributed by atoms with Gasteiger partial charge in [-0.1, -0.05) is 6.07 Å². The number of ether oxygens (including phenoxy) is 1. The van der Waals surface area contributed by atoms with Gasteiger partial charge in [-0.05, 0) is 61.2 Å². The molecule has 0 saturated heterocycles. The summed E-state index contributed by atoms with van der Waals surface area (Å²) in [7, 11) is 0. The van der Waals surface area contributed by atoms with Crippen LogP contribution in [0.25, 0.3) is 5.65 Å². The molecule has 7 nitrogen and oxygen atoms in total. The number of aromatic nitrogens is 4. The van der Waals surface area contributed by atoms with Crippen LogP contribution in [0.3, 0.4) is 0 Å². The standard InChI is InChI=1S/C23H22N6O/c1-15-4-5-22-28-19(12-29(22)11-15)13-30-23-8-21(26-14-27-23)25-10-20-16(2)6-18(9-24)7-17(20)3/h4-8,11-12,14H,10,13H2,1-3H3,(H,25,26,27). The van der Waals surface area contributed by atoms with Crippen LogP contribution in [-0.2, 0) is 13.2 Å². The van der Waals surface area contributed by atoms with Crippen molar-refractivity contribution in [2.24, 2.45) is 0 Å². The number of hydrogen-bond acceptors (Lipinski definition) is 6. The van der Waals surface area contributed by atoms with E-state index in [1.807, 2.05) is 61.8 Å². The summed E-state index contributed by atoms with van der Waals surface area (Å²) in [4.78, 5) is 13.0. The first-order valence-electron chi connectivity index (χ1n) is 9.65. The molecular formula is C23H22N6O. The number of imidazole rings is 1. The van der Waals surface area contributed by atoms with E-state index in [9.17, 15) is 0 Å². The zero-order chi connectivity index (χ0) is 21.1. The highest BCUT2D eigenvalue weighted by atomic mass is 16.5. The molecule has 0 amide bonds. The van der Waals surface area contributed by atoms with Gasteiger partial charge in [-0.2, -0.15) is 5.26 Å². The lowest BCUT2D eigenvalue weighted by molar-refractivity contribution is 0.289. The number of pyridine rings is 1. The van der Waals surface area contributed by atoms with Crippen LogP contribution in [0, 0.1) is 32.1 Å². The highest BCUT2D eigenvalue weighted by Gasteiger charge is 2.08. The SMILES string of the molecule is Cc1ccc2nc(COc3cc(NCc4c(C)cc(C#N)cc4C)ncn3)cn2c1. The molecule has 0 radical (unpaired) electrons. The Morgan fingerprint density at radius 3 is 2.63 bits per heavy atom. The molecule has 0 atom stereocenters. The third-order valence-corrected chi connectivity index (χ3v) is 4.93. The Labute approximate surface area is 175 Å². The van der Waals surface area contributed by atoms with Crippen LogP contribution >= 0.6 is 0 Å². The number of benzene rings is 1. The molecule has 3 heterocycles. The van der Waals surface area contributed by atoms with E-state index in [2.05, 4.69) is 26.3 Å². The van der Waals surface area contributed by atoms with Gasteiger partial charge in [0.1, 0.15) is 24.4 Å². The normalized spacial score (nSPS) is 10.7. The first kappa shape index (κ1) is 19.4. The molecule has 150 valence electrons. The number of hydrogen-bond donors (Lipinski definition) is 1. The van der Waals surface area contributed by atoms with Crippen molar-refractivity contribution in [3.63, 3.8) is 0 Å². The molecule has 30 heavy (non-hydrogen) atoms. The Hall–Kier alpha value is -3.92. The summed E-state index contributed by atoms with van der Waals surface area (Å²) in [6, 6.07) is 11.8. The van der Waals surface area contributed by atoms with Crippen LogP contribution in [0.1, 0.15) is 33.5 Å². The molecule has 0 aliphatic heterocycles. The topological polar surface area (TPSA) is 88.1 Å². The van der Waals surface area contributed by atoms with E-state index in [0.717, 1.165) is 28.0 Å². The third-order valence-electron chi connectivity index (χ3n) is 4.93. The molecule has 3 aromatic heterocycles. The number of rotatable bonds is 6. The fourth-order valence-electron chi connectivity index (χ4n) is 3.40. The van der Waals surface area contributed by atoms with Gasteiger partial charge in [-0.3, -0.25) is 0 Å². The molecule has 0 saturated carbocycles. The summed E-state index contributed by atoms with van der Waals surface area (Å²) in [5.41, 5.74) is 6.86. The van der Waals surface area contributed by atoms with Crippen LogP contribution in [-0.4, -0.2) is 19.4 Å². The summed E-state index contributed by atoms with van der Waals surface area (Å²) in [6.45, 7) is 6.99. The molecule has 0 fully saturated rings. The molecule has 7 heteroatoms. The molecule has 0 unspecified atom stereocenters. The van der Waals surface area contributed by atoms with Crippen LogP contribution in [0.5, 0.6) is 5.88 Å². The van der Waals surface area contributed by atoms with Crippen LogP contribution in [0.15, 0.2) is 49.1 Å². The van der Waals surface area contributed by atoms with Gasteiger partial charge >= 0.3 is 0 Å². The highest BCUT2D eigenvalue weighted by Crippen LogP contribution is 2.19. The lowest BCUT2D eigenvalue weighted by Gasteiger charge is -2.12. The van der Waals surface area contributed by atoms with E-state index in [-0.39, 0.29) is 0 Å². The third kappa shape index (κ3) is 4.23. The minimum absolute atomic E-state index is 0.324. The van der Waals surface area contributed by atoms with Gasteiger partial charge in [0.05, 0.1) is 17.3 Å². The summed E-state index contributed by atoms with van der Waals surface area (Å²) in [5.74, 6) is 1.16. The number of anilines is 1. The molecule has 0 spiro atoms. The zero-order valence-electron chi connectivity index (χ0n) is 17.2. The maximum absolute atomic E-state index is 9.10. The fraction of sp³-hybridized carbons (Fsp3) is 0.217. The molecule has 4 aromatic rings. The van der Waals surface area contributed by atoms with E-state index in [0.29, 0.717) is 30.4 Å². The smallest absolute Gasteiger partial charge is 0.218 e. The minimum Gasteiger partial charge on any atom is -0.471 e. The minimum atomic E-state index is 0.324. The second-order valence-corrected chi connectivity index (χ2v) is 7.29.